The van der Waals surface area contributed by atoms with Crippen molar-refractivity contribution in [3.8, 4) is 22.8 Å². The van der Waals surface area contributed by atoms with E-state index in [4.69, 9.17) is 14.5 Å². The van der Waals surface area contributed by atoms with Crippen LogP contribution < -0.4 is 9.47 Å². The third kappa shape index (κ3) is 4.38. The van der Waals surface area contributed by atoms with Crippen molar-refractivity contribution in [2.75, 3.05) is 14.2 Å². The van der Waals surface area contributed by atoms with Gasteiger partial charge in [0.2, 0.25) is 0 Å². The zero-order valence-electron chi connectivity index (χ0n) is 18.3. The fourth-order valence-corrected chi connectivity index (χ4v) is 4.80. The monoisotopic (exact) mass is 447 g/mol. The SMILES string of the molecule is COc1ccc(C(=O)CCC(O)c2cccc(-c3csc4c(C)cccc34)n2)cc1OC. The van der Waals surface area contributed by atoms with E-state index in [1.54, 1.807) is 42.7 Å². The van der Waals surface area contributed by atoms with Crippen molar-refractivity contribution in [3.63, 3.8) is 0 Å². The maximum absolute atomic E-state index is 12.7. The summed E-state index contributed by atoms with van der Waals surface area (Å²) < 4.78 is 11.7. The summed E-state index contributed by atoms with van der Waals surface area (Å²) in [6.45, 7) is 2.10. The zero-order chi connectivity index (χ0) is 22.7. The lowest BCUT2D eigenvalue weighted by molar-refractivity contribution is 0.0937. The van der Waals surface area contributed by atoms with Gasteiger partial charge in [-0.15, -0.1) is 11.3 Å². The molecule has 0 amide bonds. The number of benzene rings is 2. The predicted octanol–water partition coefficient (Wildman–Crippen LogP) is 5.99. The van der Waals surface area contributed by atoms with Gasteiger partial charge in [0.15, 0.2) is 17.3 Å². The molecule has 0 aliphatic heterocycles. The molecule has 1 N–H and O–H groups in total. The summed E-state index contributed by atoms with van der Waals surface area (Å²) in [5, 5.41) is 14.0. The first-order chi connectivity index (χ1) is 15.5. The number of fused-ring (bicyclic) bond motifs is 1. The van der Waals surface area contributed by atoms with E-state index < -0.39 is 6.10 Å². The van der Waals surface area contributed by atoms with E-state index in [0.29, 0.717) is 22.8 Å². The number of aromatic nitrogens is 1. The van der Waals surface area contributed by atoms with Crippen LogP contribution in [0.25, 0.3) is 21.3 Å². The minimum absolute atomic E-state index is 0.0690. The highest BCUT2D eigenvalue weighted by Gasteiger charge is 2.16. The van der Waals surface area contributed by atoms with Gasteiger partial charge in [0.25, 0.3) is 0 Å². The number of hydrogen-bond acceptors (Lipinski definition) is 6. The first kappa shape index (κ1) is 22.0. The predicted molar refractivity (Wildman–Crippen MR) is 128 cm³/mol. The van der Waals surface area contributed by atoms with Gasteiger partial charge < -0.3 is 14.6 Å². The molecule has 4 aromatic rings. The number of carbonyl (C=O) groups is 1. The summed E-state index contributed by atoms with van der Waals surface area (Å²) in [5.74, 6) is 1.01. The van der Waals surface area contributed by atoms with Crippen LogP contribution in [0.5, 0.6) is 11.5 Å². The summed E-state index contributed by atoms with van der Waals surface area (Å²) in [6, 6.07) is 17.0. The Hall–Kier alpha value is -3.22. The van der Waals surface area contributed by atoms with E-state index in [0.717, 1.165) is 16.6 Å². The molecule has 2 aromatic heterocycles. The molecule has 0 spiro atoms. The van der Waals surface area contributed by atoms with Crippen molar-refractivity contribution in [2.24, 2.45) is 0 Å². The minimum Gasteiger partial charge on any atom is -0.493 e. The molecule has 0 saturated carbocycles. The molecule has 32 heavy (non-hydrogen) atoms. The molecular formula is C26H25NO4S. The Bertz CT molecular complexity index is 1260. The number of thiophene rings is 1. The number of aryl methyl sites for hydroxylation is 1. The minimum atomic E-state index is -0.828. The molecule has 1 unspecified atom stereocenters. The van der Waals surface area contributed by atoms with Gasteiger partial charge in [0, 0.05) is 33.0 Å². The molecule has 0 radical (unpaired) electrons. The highest BCUT2D eigenvalue weighted by atomic mass is 32.1. The van der Waals surface area contributed by atoms with Crippen LogP contribution in [0.3, 0.4) is 0 Å². The molecule has 6 heteroatoms. The lowest BCUT2D eigenvalue weighted by atomic mass is 10.0. The average Bonchev–Trinajstić information content (AvgIpc) is 3.27. The van der Waals surface area contributed by atoms with Crippen molar-refractivity contribution >= 4 is 27.2 Å². The average molecular weight is 448 g/mol. The third-order valence-corrected chi connectivity index (χ3v) is 6.67. The van der Waals surface area contributed by atoms with Crippen LogP contribution in [0, 0.1) is 6.92 Å². The van der Waals surface area contributed by atoms with E-state index in [1.807, 2.05) is 18.2 Å². The number of ether oxygens (including phenoxy) is 2. The Kier molecular flexibility index (Phi) is 6.53. The van der Waals surface area contributed by atoms with Crippen LogP contribution in [0.4, 0.5) is 0 Å². The Labute approximate surface area is 191 Å². The molecule has 2 aromatic carbocycles. The molecule has 4 rings (SSSR count). The second-order valence-electron chi connectivity index (χ2n) is 7.60. The first-order valence-electron chi connectivity index (χ1n) is 10.4. The van der Waals surface area contributed by atoms with Crippen molar-refractivity contribution in [3.05, 3.63) is 76.8 Å². The van der Waals surface area contributed by atoms with Crippen LogP contribution >= 0.6 is 11.3 Å². The molecule has 0 saturated heterocycles. The number of aliphatic hydroxyl groups excluding tert-OH is 1. The molecule has 5 nitrogen and oxygen atoms in total. The summed E-state index contributed by atoms with van der Waals surface area (Å²) >= 11 is 1.70. The van der Waals surface area contributed by atoms with E-state index in [-0.39, 0.29) is 18.6 Å². The maximum Gasteiger partial charge on any atom is 0.163 e. The number of aliphatic hydroxyl groups is 1. The number of rotatable bonds is 8. The Morgan fingerprint density at radius 2 is 1.84 bits per heavy atom. The van der Waals surface area contributed by atoms with Crippen molar-refractivity contribution in [1.29, 1.82) is 0 Å². The van der Waals surface area contributed by atoms with Gasteiger partial charge in [-0.1, -0.05) is 24.3 Å². The van der Waals surface area contributed by atoms with Gasteiger partial charge >= 0.3 is 0 Å². The smallest absolute Gasteiger partial charge is 0.163 e. The quantitative estimate of drug-likeness (QED) is 0.336. The number of carbonyl (C=O) groups excluding carboxylic acids is 1. The number of methoxy groups -OCH3 is 2. The van der Waals surface area contributed by atoms with Crippen LogP contribution in [0.15, 0.2) is 60.0 Å². The van der Waals surface area contributed by atoms with Gasteiger partial charge in [-0.05, 0) is 49.2 Å². The van der Waals surface area contributed by atoms with Gasteiger partial charge in [-0.2, -0.15) is 0 Å². The van der Waals surface area contributed by atoms with E-state index in [1.165, 1.54) is 17.4 Å². The fourth-order valence-electron chi connectivity index (χ4n) is 3.76. The van der Waals surface area contributed by atoms with E-state index >= 15 is 0 Å². The maximum atomic E-state index is 12.7. The standard InChI is InChI=1S/C26H25NO4S/c1-16-6-4-7-18-19(15-32-26(16)18)20-8-5-9-21(27-20)23(29)12-11-22(28)17-10-13-24(30-2)25(14-17)31-3/h4-10,13-15,23,29H,11-12H2,1-3H3. The Morgan fingerprint density at radius 1 is 1.06 bits per heavy atom. The summed E-state index contributed by atoms with van der Waals surface area (Å²) in [6.07, 6.45) is -0.346. The van der Waals surface area contributed by atoms with E-state index in [2.05, 4.69) is 24.4 Å². The summed E-state index contributed by atoms with van der Waals surface area (Å²) in [4.78, 5) is 17.4. The molecule has 0 aliphatic carbocycles. The number of pyridine rings is 1. The van der Waals surface area contributed by atoms with Crippen molar-refractivity contribution < 1.29 is 19.4 Å². The molecule has 0 bridgehead atoms. The molecule has 1 atom stereocenters. The van der Waals surface area contributed by atoms with Crippen molar-refractivity contribution in [2.45, 2.75) is 25.9 Å². The van der Waals surface area contributed by atoms with Crippen molar-refractivity contribution in [1.82, 2.24) is 4.98 Å². The molecule has 164 valence electrons. The molecule has 0 aliphatic rings. The second kappa shape index (κ2) is 9.51. The lowest BCUT2D eigenvalue weighted by Gasteiger charge is -2.12. The second-order valence-corrected chi connectivity index (χ2v) is 8.48. The normalized spacial score (nSPS) is 12.0. The number of hydrogen-bond donors (Lipinski definition) is 1. The van der Waals surface area contributed by atoms with Crippen LogP contribution in [0.2, 0.25) is 0 Å². The topological polar surface area (TPSA) is 68.7 Å². The van der Waals surface area contributed by atoms with Gasteiger partial charge in [0.1, 0.15) is 0 Å². The first-order valence-corrected chi connectivity index (χ1v) is 11.3. The number of ketones is 1. The summed E-state index contributed by atoms with van der Waals surface area (Å²) in [7, 11) is 3.09. The van der Waals surface area contributed by atoms with Crippen LogP contribution in [0.1, 0.15) is 40.6 Å². The van der Waals surface area contributed by atoms with E-state index in [9.17, 15) is 9.90 Å². The largest absolute Gasteiger partial charge is 0.493 e. The lowest BCUT2D eigenvalue weighted by Crippen LogP contribution is -2.06. The van der Waals surface area contributed by atoms with Gasteiger partial charge in [-0.25, -0.2) is 0 Å². The molecule has 2 heterocycles. The number of Topliss-reactive ketones (excluding diaryl/α,β-unsaturated/α-hetero) is 1. The van der Waals surface area contributed by atoms with Gasteiger partial charge in [-0.3, -0.25) is 9.78 Å². The molecule has 0 fully saturated rings. The highest BCUT2D eigenvalue weighted by Crippen LogP contribution is 2.35. The number of nitrogens with zero attached hydrogens (tertiary/aromatic N) is 1. The van der Waals surface area contributed by atoms with Crippen LogP contribution in [-0.4, -0.2) is 30.1 Å². The summed E-state index contributed by atoms with van der Waals surface area (Å²) in [5.41, 5.74) is 4.21. The third-order valence-electron chi connectivity index (χ3n) is 5.54. The zero-order valence-corrected chi connectivity index (χ0v) is 19.1. The Morgan fingerprint density at radius 3 is 2.62 bits per heavy atom. The highest BCUT2D eigenvalue weighted by molar-refractivity contribution is 7.18. The Balaban J connectivity index is 1.49. The van der Waals surface area contributed by atoms with Crippen LogP contribution in [-0.2, 0) is 0 Å². The molecular weight excluding hydrogens is 422 g/mol. The fraction of sp³-hybridized carbons (Fsp3) is 0.231. The van der Waals surface area contributed by atoms with Gasteiger partial charge in [0.05, 0.1) is 31.7 Å².